The molecule has 0 bridgehead atoms. The van der Waals surface area contributed by atoms with Gasteiger partial charge in [0.15, 0.2) is 5.82 Å². The molecule has 0 amide bonds. The molecular weight excluding hydrogens is 278 g/mol. The largest absolute Gasteiger partial charge is 0.340 e. The molecule has 6 nitrogen and oxygen atoms in total. The molecule has 114 valence electrons. The zero-order valence-electron chi connectivity index (χ0n) is 12.2. The number of hydrogen-bond donors (Lipinski definition) is 0. The summed E-state index contributed by atoms with van der Waals surface area (Å²) >= 11 is 0. The van der Waals surface area contributed by atoms with Crippen LogP contribution >= 0.6 is 0 Å². The molecular formula is C13H23N3O3S. The lowest BCUT2D eigenvalue weighted by atomic mass is 10.1. The Bertz CT molecular complexity index is 527. The van der Waals surface area contributed by atoms with Crippen molar-refractivity contribution >= 4 is 10.0 Å². The van der Waals surface area contributed by atoms with E-state index in [1.165, 1.54) is 0 Å². The summed E-state index contributed by atoms with van der Waals surface area (Å²) in [7, 11) is -3.10. The lowest BCUT2D eigenvalue weighted by Crippen LogP contribution is -2.37. The van der Waals surface area contributed by atoms with Gasteiger partial charge >= 0.3 is 0 Å². The summed E-state index contributed by atoms with van der Waals surface area (Å²) in [6.07, 6.45) is 4.95. The maximum absolute atomic E-state index is 12.3. The molecule has 1 atom stereocenters. The Morgan fingerprint density at radius 1 is 1.45 bits per heavy atom. The van der Waals surface area contributed by atoms with Crippen molar-refractivity contribution in [3.8, 4) is 0 Å². The van der Waals surface area contributed by atoms with E-state index in [-0.39, 0.29) is 11.8 Å². The molecule has 0 N–H and O–H groups in total. The second-order valence-corrected chi connectivity index (χ2v) is 7.39. The average Bonchev–Trinajstić information content (AvgIpc) is 3.03. The first-order valence-corrected chi connectivity index (χ1v) is 8.92. The van der Waals surface area contributed by atoms with E-state index in [0.717, 1.165) is 32.1 Å². The van der Waals surface area contributed by atoms with Crippen LogP contribution in [-0.2, 0) is 16.4 Å². The Morgan fingerprint density at radius 2 is 2.25 bits per heavy atom. The predicted octanol–water partition coefficient (Wildman–Crippen LogP) is 1.90. The van der Waals surface area contributed by atoms with Gasteiger partial charge in [-0.05, 0) is 25.7 Å². The summed E-state index contributed by atoms with van der Waals surface area (Å²) in [4.78, 5) is 4.16. The molecule has 2 heterocycles. The van der Waals surface area contributed by atoms with Crippen LogP contribution in [0.15, 0.2) is 4.52 Å². The third-order valence-corrected chi connectivity index (χ3v) is 5.71. The fraction of sp³-hybridized carbons (Fsp3) is 0.846. The summed E-state index contributed by atoms with van der Waals surface area (Å²) < 4.78 is 31.2. The third-order valence-electron chi connectivity index (χ3n) is 3.71. The molecule has 1 saturated heterocycles. The standard InChI is InChI=1S/C13H23N3O3S/c1-3-4-10-20(17,18)16-9-5-6-12(16)7-8-13-14-11(2)19-15-13/h12H,3-10H2,1-2H3. The molecule has 0 radical (unpaired) electrons. The highest BCUT2D eigenvalue weighted by molar-refractivity contribution is 7.89. The smallest absolute Gasteiger partial charge is 0.223 e. The molecule has 1 aromatic heterocycles. The molecule has 0 saturated carbocycles. The van der Waals surface area contributed by atoms with E-state index >= 15 is 0 Å². The van der Waals surface area contributed by atoms with E-state index in [2.05, 4.69) is 10.1 Å². The molecule has 0 spiro atoms. The maximum atomic E-state index is 12.3. The molecule has 2 rings (SSSR count). The van der Waals surface area contributed by atoms with Gasteiger partial charge in [0.05, 0.1) is 5.75 Å². The lowest BCUT2D eigenvalue weighted by molar-refractivity contribution is 0.360. The third kappa shape index (κ3) is 3.79. The van der Waals surface area contributed by atoms with Gasteiger partial charge in [0.1, 0.15) is 0 Å². The first-order chi connectivity index (χ1) is 9.53. The van der Waals surface area contributed by atoms with Crippen LogP contribution in [0.25, 0.3) is 0 Å². The fourth-order valence-corrected chi connectivity index (χ4v) is 4.61. The predicted molar refractivity (Wildman–Crippen MR) is 75.8 cm³/mol. The molecule has 7 heteroatoms. The van der Waals surface area contributed by atoms with Gasteiger partial charge < -0.3 is 4.52 Å². The van der Waals surface area contributed by atoms with Gasteiger partial charge in [0.25, 0.3) is 0 Å². The monoisotopic (exact) mass is 301 g/mol. The summed E-state index contributed by atoms with van der Waals surface area (Å²) in [5.74, 6) is 1.49. The van der Waals surface area contributed by atoms with Crippen LogP contribution in [0.1, 0.15) is 50.7 Å². The fourth-order valence-electron chi connectivity index (χ4n) is 2.65. The van der Waals surface area contributed by atoms with Crippen molar-refractivity contribution < 1.29 is 12.9 Å². The molecule has 1 unspecified atom stereocenters. The molecule has 1 aromatic rings. The Kier molecular flexibility index (Phi) is 5.15. The zero-order valence-corrected chi connectivity index (χ0v) is 13.0. The van der Waals surface area contributed by atoms with Crippen LogP contribution in [0.5, 0.6) is 0 Å². The van der Waals surface area contributed by atoms with E-state index in [4.69, 9.17) is 4.52 Å². The molecule has 1 aliphatic rings. The normalized spacial score (nSPS) is 20.6. The van der Waals surface area contributed by atoms with Crippen molar-refractivity contribution in [3.05, 3.63) is 11.7 Å². The Hall–Kier alpha value is -0.950. The maximum Gasteiger partial charge on any atom is 0.223 e. The number of nitrogens with zero attached hydrogens (tertiary/aromatic N) is 3. The number of aryl methyl sites for hydroxylation is 2. The minimum absolute atomic E-state index is 0.0932. The highest BCUT2D eigenvalue weighted by Crippen LogP contribution is 2.25. The van der Waals surface area contributed by atoms with Crippen molar-refractivity contribution in [1.82, 2.24) is 14.4 Å². The zero-order chi connectivity index (χ0) is 14.6. The number of unbranched alkanes of at least 4 members (excludes halogenated alkanes) is 1. The van der Waals surface area contributed by atoms with Crippen molar-refractivity contribution in [2.45, 2.75) is 58.4 Å². The van der Waals surface area contributed by atoms with Gasteiger partial charge in [0.2, 0.25) is 15.9 Å². The van der Waals surface area contributed by atoms with E-state index in [1.807, 2.05) is 6.92 Å². The van der Waals surface area contributed by atoms with Crippen molar-refractivity contribution in [2.75, 3.05) is 12.3 Å². The highest BCUT2D eigenvalue weighted by Gasteiger charge is 2.33. The van der Waals surface area contributed by atoms with Crippen LogP contribution in [0, 0.1) is 6.92 Å². The van der Waals surface area contributed by atoms with E-state index in [1.54, 1.807) is 11.2 Å². The van der Waals surface area contributed by atoms with Gasteiger partial charge in [-0.25, -0.2) is 8.42 Å². The Balaban J connectivity index is 1.93. The molecule has 1 aliphatic heterocycles. The Labute approximate surface area is 120 Å². The minimum Gasteiger partial charge on any atom is -0.340 e. The van der Waals surface area contributed by atoms with Crippen molar-refractivity contribution in [2.24, 2.45) is 0 Å². The number of sulfonamides is 1. The van der Waals surface area contributed by atoms with E-state index < -0.39 is 10.0 Å². The van der Waals surface area contributed by atoms with Crippen LogP contribution in [-0.4, -0.2) is 41.2 Å². The van der Waals surface area contributed by atoms with Crippen LogP contribution < -0.4 is 0 Å². The van der Waals surface area contributed by atoms with Gasteiger partial charge in [-0.3, -0.25) is 0 Å². The van der Waals surface area contributed by atoms with Crippen LogP contribution in [0.3, 0.4) is 0 Å². The summed E-state index contributed by atoms with van der Waals surface area (Å²) in [5.41, 5.74) is 0. The number of aromatic nitrogens is 2. The second-order valence-electron chi connectivity index (χ2n) is 5.34. The molecule has 1 fully saturated rings. The minimum atomic E-state index is -3.10. The lowest BCUT2D eigenvalue weighted by Gasteiger charge is -2.23. The first kappa shape index (κ1) is 15.4. The van der Waals surface area contributed by atoms with Gasteiger partial charge in [0, 0.05) is 25.9 Å². The van der Waals surface area contributed by atoms with Crippen LogP contribution in [0.2, 0.25) is 0 Å². The summed E-state index contributed by atoms with van der Waals surface area (Å²) in [6.45, 7) is 4.42. The SMILES string of the molecule is CCCCS(=O)(=O)N1CCCC1CCc1noc(C)n1. The number of hydrogen-bond acceptors (Lipinski definition) is 5. The van der Waals surface area contributed by atoms with Gasteiger partial charge in [-0.2, -0.15) is 9.29 Å². The average molecular weight is 301 g/mol. The summed E-state index contributed by atoms with van der Waals surface area (Å²) in [6, 6.07) is 0.0932. The van der Waals surface area contributed by atoms with Crippen LogP contribution in [0.4, 0.5) is 0 Å². The first-order valence-electron chi connectivity index (χ1n) is 7.31. The quantitative estimate of drug-likeness (QED) is 0.769. The summed E-state index contributed by atoms with van der Waals surface area (Å²) in [5, 5.41) is 3.86. The van der Waals surface area contributed by atoms with Gasteiger partial charge in [-0.15, -0.1) is 0 Å². The molecule has 0 aliphatic carbocycles. The van der Waals surface area contributed by atoms with E-state index in [0.29, 0.717) is 24.7 Å². The van der Waals surface area contributed by atoms with Gasteiger partial charge in [-0.1, -0.05) is 18.5 Å². The molecule has 20 heavy (non-hydrogen) atoms. The molecule has 0 aromatic carbocycles. The number of rotatable bonds is 7. The Morgan fingerprint density at radius 3 is 2.90 bits per heavy atom. The highest BCUT2D eigenvalue weighted by atomic mass is 32.2. The second kappa shape index (κ2) is 6.67. The van der Waals surface area contributed by atoms with Crippen molar-refractivity contribution in [1.29, 1.82) is 0 Å². The van der Waals surface area contributed by atoms with Crippen molar-refractivity contribution in [3.63, 3.8) is 0 Å². The van der Waals surface area contributed by atoms with E-state index in [9.17, 15) is 8.42 Å². The topological polar surface area (TPSA) is 76.3 Å².